The van der Waals surface area contributed by atoms with Crippen LogP contribution in [0.1, 0.15) is 4.88 Å². The zero-order valence-corrected chi connectivity index (χ0v) is 5.16. The maximum Gasteiger partial charge on any atom is 0.140 e. The van der Waals surface area contributed by atoms with Crippen molar-refractivity contribution in [2.24, 2.45) is 0 Å². The standard InChI is InChI=1S/C5H6N2S/c1-2-6-5-4(1)8-3-7-5/h3,6H,1-2H2. The largest absolute Gasteiger partial charge is 0.369 e. The molecule has 1 N–H and O–H groups in total. The van der Waals surface area contributed by atoms with Crippen LogP contribution in [-0.4, -0.2) is 11.5 Å². The van der Waals surface area contributed by atoms with Crippen LogP contribution in [0.15, 0.2) is 5.51 Å². The van der Waals surface area contributed by atoms with Crippen LogP contribution in [0.2, 0.25) is 0 Å². The number of hydrogen-bond acceptors (Lipinski definition) is 3. The van der Waals surface area contributed by atoms with Gasteiger partial charge in [0.05, 0.1) is 10.4 Å². The summed E-state index contributed by atoms with van der Waals surface area (Å²) in [4.78, 5) is 5.51. The summed E-state index contributed by atoms with van der Waals surface area (Å²) < 4.78 is 0. The molecule has 0 atom stereocenters. The van der Waals surface area contributed by atoms with Crippen LogP contribution in [0.25, 0.3) is 0 Å². The van der Waals surface area contributed by atoms with Gasteiger partial charge in [-0.3, -0.25) is 0 Å². The first-order chi connectivity index (χ1) is 3.97. The number of thiazole rings is 1. The van der Waals surface area contributed by atoms with Gasteiger partial charge in [-0.2, -0.15) is 0 Å². The predicted molar refractivity (Wildman–Crippen MR) is 34.3 cm³/mol. The lowest BCUT2D eigenvalue weighted by atomic mass is 10.4. The molecule has 42 valence electrons. The van der Waals surface area contributed by atoms with E-state index >= 15 is 0 Å². The molecule has 1 aliphatic heterocycles. The van der Waals surface area contributed by atoms with Crippen LogP contribution in [-0.2, 0) is 6.42 Å². The number of anilines is 1. The summed E-state index contributed by atoms with van der Waals surface area (Å²) >= 11 is 1.74. The van der Waals surface area contributed by atoms with Crippen LogP contribution >= 0.6 is 11.3 Å². The van der Waals surface area contributed by atoms with E-state index in [1.165, 1.54) is 11.3 Å². The Balaban J connectivity index is 2.54. The number of hydrogen-bond donors (Lipinski definition) is 1. The van der Waals surface area contributed by atoms with E-state index in [0.29, 0.717) is 0 Å². The second kappa shape index (κ2) is 1.45. The molecule has 0 saturated carbocycles. The topological polar surface area (TPSA) is 24.9 Å². The molecule has 0 bridgehead atoms. The molecular weight excluding hydrogens is 120 g/mol. The lowest BCUT2D eigenvalue weighted by Crippen LogP contribution is -1.92. The monoisotopic (exact) mass is 126 g/mol. The van der Waals surface area contributed by atoms with Gasteiger partial charge >= 0.3 is 0 Å². The predicted octanol–water partition coefficient (Wildman–Crippen LogP) is 1.11. The van der Waals surface area contributed by atoms with E-state index in [0.717, 1.165) is 12.4 Å². The molecule has 0 amide bonds. The van der Waals surface area contributed by atoms with Gasteiger partial charge in [0.15, 0.2) is 0 Å². The summed E-state index contributed by atoms with van der Waals surface area (Å²) in [6, 6.07) is 0. The quantitative estimate of drug-likeness (QED) is 0.563. The summed E-state index contributed by atoms with van der Waals surface area (Å²) in [5.74, 6) is 1.11. The average Bonchev–Trinajstić information content (AvgIpc) is 2.15. The first-order valence-corrected chi connectivity index (χ1v) is 3.51. The Labute approximate surface area is 51.6 Å². The van der Waals surface area contributed by atoms with Crippen LogP contribution < -0.4 is 5.32 Å². The molecule has 0 radical (unpaired) electrons. The molecule has 0 aliphatic carbocycles. The second-order valence-electron chi connectivity index (χ2n) is 1.80. The Kier molecular flexibility index (Phi) is 0.784. The van der Waals surface area contributed by atoms with Gasteiger partial charge in [-0.1, -0.05) is 0 Å². The van der Waals surface area contributed by atoms with Gasteiger partial charge in [0, 0.05) is 13.0 Å². The number of aromatic nitrogens is 1. The highest BCUT2D eigenvalue weighted by molar-refractivity contribution is 7.10. The fourth-order valence-corrected chi connectivity index (χ4v) is 1.63. The van der Waals surface area contributed by atoms with Crippen molar-refractivity contribution >= 4 is 17.2 Å². The summed E-state index contributed by atoms with van der Waals surface area (Å²) in [6.45, 7) is 1.08. The van der Waals surface area contributed by atoms with Crippen LogP contribution in [0.3, 0.4) is 0 Å². The summed E-state index contributed by atoms with van der Waals surface area (Å²) in [6.07, 6.45) is 1.17. The summed E-state index contributed by atoms with van der Waals surface area (Å²) in [5.41, 5.74) is 1.89. The lowest BCUT2D eigenvalue weighted by Gasteiger charge is -1.84. The van der Waals surface area contributed by atoms with Crippen molar-refractivity contribution in [1.82, 2.24) is 4.98 Å². The van der Waals surface area contributed by atoms with Gasteiger partial charge in [-0.15, -0.1) is 11.3 Å². The minimum absolute atomic E-state index is 1.08. The number of rotatable bonds is 0. The molecule has 2 heterocycles. The van der Waals surface area contributed by atoms with Crippen molar-refractivity contribution in [2.75, 3.05) is 11.9 Å². The third kappa shape index (κ3) is 0.448. The Morgan fingerprint density at radius 3 is 3.62 bits per heavy atom. The number of fused-ring (bicyclic) bond motifs is 1. The van der Waals surface area contributed by atoms with Gasteiger partial charge in [0.2, 0.25) is 0 Å². The zero-order valence-electron chi connectivity index (χ0n) is 4.35. The molecule has 1 aromatic rings. The highest BCUT2D eigenvalue weighted by Crippen LogP contribution is 2.23. The molecule has 8 heavy (non-hydrogen) atoms. The van der Waals surface area contributed by atoms with Crippen molar-refractivity contribution in [3.8, 4) is 0 Å². The minimum Gasteiger partial charge on any atom is -0.369 e. The van der Waals surface area contributed by atoms with Gasteiger partial charge in [-0.05, 0) is 0 Å². The third-order valence-corrected chi connectivity index (χ3v) is 2.18. The SMILES string of the molecule is c1nc2c(s1)CCN2. The highest BCUT2D eigenvalue weighted by Gasteiger charge is 2.10. The van der Waals surface area contributed by atoms with E-state index in [-0.39, 0.29) is 0 Å². The third-order valence-electron chi connectivity index (χ3n) is 1.29. The fraction of sp³-hybridized carbons (Fsp3) is 0.400. The molecule has 0 spiro atoms. The Morgan fingerprint density at radius 2 is 2.75 bits per heavy atom. The van der Waals surface area contributed by atoms with Crippen LogP contribution in [0.5, 0.6) is 0 Å². The van der Waals surface area contributed by atoms with Gasteiger partial charge in [0.1, 0.15) is 5.82 Å². The first-order valence-electron chi connectivity index (χ1n) is 2.63. The van der Waals surface area contributed by atoms with E-state index in [1.807, 2.05) is 5.51 Å². The smallest absolute Gasteiger partial charge is 0.140 e. The van der Waals surface area contributed by atoms with E-state index in [2.05, 4.69) is 10.3 Å². The van der Waals surface area contributed by atoms with E-state index in [4.69, 9.17) is 0 Å². The van der Waals surface area contributed by atoms with Crippen molar-refractivity contribution in [3.05, 3.63) is 10.4 Å². The maximum atomic E-state index is 4.10. The van der Waals surface area contributed by atoms with Crippen molar-refractivity contribution in [1.29, 1.82) is 0 Å². The molecule has 0 unspecified atom stereocenters. The van der Waals surface area contributed by atoms with Gasteiger partial charge in [0.25, 0.3) is 0 Å². The molecule has 3 heteroatoms. The fourth-order valence-electron chi connectivity index (χ4n) is 0.886. The minimum atomic E-state index is 1.08. The summed E-state index contributed by atoms with van der Waals surface area (Å²) in [5, 5.41) is 3.18. The Morgan fingerprint density at radius 1 is 1.75 bits per heavy atom. The average molecular weight is 126 g/mol. The zero-order chi connectivity index (χ0) is 5.40. The Hall–Kier alpha value is -0.570. The van der Waals surface area contributed by atoms with Crippen molar-refractivity contribution < 1.29 is 0 Å². The molecule has 1 aromatic heterocycles. The van der Waals surface area contributed by atoms with Crippen LogP contribution in [0, 0.1) is 0 Å². The lowest BCUT2D eigenvalue weighted by molar-refractivity contribution is 1.12. The molecule has 0 saturated heterocycles. The second-order valence-corrected chi connectivity index (χ2v) is 2.74. The molecular formula is C5H6N2S. The van der Waals surface area contributed by atoms with E-state index in [9.17, 15) is 0 Å². The van der Waals surface area contributed by atoms with Crippen LogP contribution in [0.4, 0.5) is 5.82 Å². The molecule has 0 aromatic carbocycles. The molecule has 0 fully saturated rings. The number of nitrogens with one attached hydrogen (secondary N) is 1. The number of nitrogens with zero attached hydrogens (tertiary/aromatic N) is 1. The molecule has 2 rings (SSSR count). The Bertz CT molecular complexity index is 176. The first kappa shape index (κ1) is 4.32. The van der Waals surface area contributed by atoms with Gasteiger partial charge < -0.3 is 5.32 Å². The van der Waals surface area contributed by atoms with E-state index in [1.54, 1.807) is 11.3 Å². The molecule has 1 aliphatic rings. The summed E-state index contributed by atoms with van der Waals surface area (Å²) in [7, 11) is 0. The molecule has 2 nitrogen and oxygen atoms in total. The van der Waals surface area contributed by atoms with Crippen molar-refractivity contribution in [2.45, 2.75) is 6.42 Å². The normalized spacial score (nSPS) is 15.5. The highest BCUT2D eigenvalue weighted by atomic mass is 32.1. The maximum absolute atomic E-state index is 4.10. The van der Waals surface area contributed by atoms with Crippen molar-refractivity contribution in [3.63, 3.8) is 0 Å². The van der Waals surface area contributed by atoms with Gasteiger partial charge in [-0.25, -0.2) is 4.98 Å². The van der Waals surface area contributed by atoms with E-state index < -0.39 is 0 Å².